The van der Waals surface area contributed by atoms with E-state index in [9.17, 15) is 8.42 Å². The zero-order valence-electron chi connectivity index (χ0n) is 23.9. The lowest BCUT2D eigenvalue weighted by Crippen LogP contribution is -2.15. The predicted octanol–water partition coefficient (Wildman–Crippen LogP) is 5.03. The molecular formula is C29H35N5O6S. The van der Waals surface area contributed by atoms with Gasteiger partial charge in [-0.2, -0.15) is 4.98 Å². The molecule has 0 unspecified atom stereocenters. The summed E-state index contributed by atoms with van der Waals surface area (Å²) >= 11 is 0. The number of hydrogen-bond donors (Lipinski definition) is 2. The van der Waals surface area contributed by atoms with Gasteiger partial charge in [0.1, 0.15) is 24.0 Å². The first-order valence-corrected chi connectivity index (χ1v) is 14.7. The van der Waals surface area contributed by atoms with Gasteiger partial charge in [-0.15, -0.1) is 0 Å². The highest BCUT2D eigenvalue weighted by Crippen LogP contribution is 2.33. The van der Waals surface area contributed by atoms with Crippen molar-refractivity contribution in [1.82, 2.24) is 15.1 Å². The van der Waals surface area contributed by atoms with E-state index in [1.165, 1.54) is 0 Å². The number of aromatic nitrogens is 3. The van der Waals surface area contributed by atoms with Crippen molar-refractivity contribution >= 4 is 21.7 Å². The molecule has 0 aliphatic carbocycles. The summed E-state index contributed by atoms with van der Waals surface area (Å²) in [4.78, 5) is 8.88. The smallest absolute Gasteiger partial charge is 0.263 e. The van der Waals surface area contributed by atoms with Crippen LogP contribution in [0.2, 0.25) is 0 Å². The van der Waals surface area contributed by atoms with Crippen molar-refractivity contribution in [3.05, 3.63) is 76.8 Å². The number of nitrogens with zero attached hydrogens (tertiary/aromatic N) is 3. The van der Waals surface area contributed by atoms with E-state index in [-0.39, 0.29) is 10.7 Å². The van der Waals surface area contributed by atoms with Crippen LogP contribution in [-0.4, -0.2) is 50.5 Å². The second-order valence-electron chi connectivity index (χ2n) is 9.28. The summed E-state index contributed by atoms with van der Waals surface area (Å²) in [5.74, 6) is 2.39. The fourth-order valence-corrected chi connectivity index (χ4v) is 5.38. The molecule has 0 atom stereocenters. The molecule has 0 fully saturated rings. The standard InChI is InChI=1S/C29H35N5O6S/c1-6-38-18-23-15-22(17-30-27-16-28(32-21(4)31-27)39-14-13-37-5)11-12-24(23)25-9-7-8-10-26(25)41(35,36)34-29-19(2)20(3)40-33-29/h7-12,15-16H,6,13-14,17-18H2,1-5H3,(H,33,34)(H,30,31,32). The van der Waals surface area contributed by atoms with E-state index in [4.69, 9.17) is 18.7 Å². The maximum Gasteiger partial charge on any atom is 0.263 e. The van der Waals surface area contributed by atoms with Crippen LogP contribution < -0.4 is 14.8 Å². The van der Waals surface area contributed by atoms with E-state index in [0.29, 0.717) is 67.4 Å². The van der Waals surface area contributed by atoms with Crippen LogP contribution in [0.5, 0.6) is 5.88 Å². The highest BCUT2D eigenvalue weighted by atomic mass is 32.2. The molecule has 0 amide bonds. The fourth-order valence-electron chi connectivity index (χ4n) is 4.10. The average Bonchev–Trinajstić information content (AvgIpc) is 3.26. The first-order valence-electron chi connectivity index (χ1n) is 13.2. The number of sulfonamides is 1. The lowest BCUT2D eigenvalue weighted by Gasteiger charge is -2.16. The molecule has 0 saturated carbocycles. The number of anilines is 2. The largest absolute Gasteiger partial charge is 0.475 e. The number of benzene rings is 2. The van der Waals surface area contributed by atoms with Gasteiger partial charge in [-0.25, -0.2) is 13.4 Å². The number of rotatable bonds is 14. The quantitative estimate of drug-likeness (QED) is 0.195. The summed E-state index contributed by atoms with van der Waals surface area (Å²) in [6.07, 6.45) is 0. The Hall–Kier alpha value is -4.00. The van der Waals surface area contributed by atoms with E-state index >= 15 is 0 Å². The van der Waals surface area contributed by atoms with E-state index in [1.54, 1.807) is 52.1 Å². The fraction of sp³-hybridized carbons (Fsp3) is 0.345. The van der Waals surface area contributed by atoms with Crippen LogP contribution in [0.15, 0.2) is 57.9 Å². The number of nitrogens with one attached hydrogen (secondary N) is 2. The van der Waals surface area contributed by atoms with Crippen molar-refractivity contribution in [1.29, 1.82) is 0 Å². The van der Waals surface area contributed by atoms with Crippen molar-refractivity contribution in [3.63, 3.8) is 0 Å². The molecule has 2 heterocycles. The first kappa shape index (κ1) is 30.0. The van der Waals surface area contributed by atoms with Crippen LogP contribution in [0.3, 0.4) is 0 Å². The van der Waals surface area contributed by atoms with Gasteiger partial charge in [0, 0.05) is 37.5 Å². The molecule has 12 heteroatoms. The van der Waals surface area contributed by atoms with Gasteiger partial charge in [0.2, 0.25) is 5.88 Å². The molecule has 41 heavy (non-hydrogen) atoms. The summed E-state index contributed by atoms with van der Waals surface area (Å²) < 4.78 is 51.1. The molecule has 0 spiro atoms. The Labute approximate surface area is 240 Å². The molecule has 0 saturated heterocycles. The van der Waals surface area contributed by atoms with E-state index < -0.39 is 10.0 Å². The predicted molar refractivity (Wildman–Crippen MR) is 155 cm³/mol. The van der Waals surface area contributed by atoms with Gasteiger partial charge in [-0.3, -0.25) is 4.72 Å². The van der Waals surface area contributed by atoms with Crippen LogP contribution in [0, 0.1) is 20.8 Å². The van der Waals surface area contributed by atoms with Crippen LogP contribution >= 0.6 is 0 Å². The van der Waals surface area contributed by atoms with Crippen molar-refractivity contribution in [2.45, 2.75) is 45.7 Å². The van der Waals surface area contributed by atoms with E-state index in [0.717, 1.165) is 16.7 Å². The third kappa shape index (κ3) is 7.60. The minimum atomic E-state index is -3.97. The average molecular weight is 582 g/mol. The van der Waals surface area contributed by atoms with Gasteiger partial charge in [0.05, 0.1) is 18.1 Å². The third-order valence-corrected chi connectivity index (χ3v) is 7.71. The minimum absolute atomic E-state index is 0.126. The van der Waals surface area contributed by atoms with E-state index in [1.807, 2.05) is 31.2 Å². The molecule has 0 aliphatic rings. The Kier molecular flexibility index (Phi) is 9.92. The maximum atomic E-state index is 13.5. The zero-order valence-corrected chi connectivity index (χ0v) is 24.7. The van der Waals surface area contributed by atoms with Gasteiger partial charge < -0.3 is 24.1 Å². The molecule has 4 aromatic rings. The molecule has 2 N–H and O–H groups in total. The highest BCUT2D eigenvalue weighted by Gasteiger charge is 2.23. The Bertz CT molecular complexity index is 1590. The van der Waals surface area contributed by atoms with Gasteiger partial charge >= 0.3 is 0 Å². The lowest BCUT2D eigenvalue weighted by atomic mass is 9.97. The molecule has 11 nitrogen and oxygen atoms in total. The molecule has 2 aromatic heterocycles. The topological polar surface area (TPSA) is 138 Å². The van der Waals surface area contributed by atoms with Crippen molar-refractivity contribution in [2.75, 3.05) is 37.0 Å². The van der Waals surface area contributed by atoms with E-state index in [2.05, 4.69) is 25.2 Å². The van der Waals surface area contributed by atoms with Crippen molar-refractivity contribution in [3.8, 4) is 17.0 Å². The second kappa shape index (κ2) is 13.6. The SMILES string of the molecule is CCOCc1cc(CNc2cc(OCCOC)nc(C)n2)ccc1-c1ccccc1S(=O)(=O)Nc1noc(C)c1C. The van der Waals surface area contributed by atoms with Crippen molar-refractivity contribution in [2.24, 2.45) is 0 Å². The molecule has 0 radical (unpaired) electrons. The summed E-state index contributed by atoms with van der Waals surface area (Å²) in [5.41, 5.74) is 3.75. The Morgan fingerprint density at radius 1 is 0.976 bits per heavy atom. The van der Waals surface area contributed by atoms with Crippen molar-refractivity contribution < 1.29 is 27.2 Å². The summed E-state index contributed by atoms with van der Waals surface area (Å²) in [6.45, 7) is 9.34. The number of ether oxygens (including phenoxy) is 3. The highest BCUT2D eigenvalue weighted by molar-refractivity contribution is 7.92. The lowest BCUT2D eigenvalue weighted by molar-refractivity contribution is 0.134. The Balaban J connectivity index is 1.61. The van der Waals surface area contributed by atoms with Gasteiger partial charge in [-0.1, -0.05) is 41.6 Å². The third-order valence-electron chi connectivity index (χ3n) is 6.31. The molecule has 0 bridgehead atoms. The van der Waals surface area contributed by atoms with Gasteiger partial charge in [0.25, 0.3) is 10.0 Å². The molecule has 0 aliphatic heterocycles. The van der Waals surface area contributed by atoms with Gasteiger partial charge in [-0.05, 0) is 50.5 Å². The Morgan fingerprint density at radius 2 is 1.78 bits per heavy atom. The minimum Gasteiger partial charge on any atom is -0.475 e. The first-order chi connectivity index (χ1) is 19.7. The van der Waals surface area contributed by atoms with Crippen LogP contribution in [0.1, 0.15) is 35.2 Å². The number of methoxy groups -OCH3 is 1. The van der Waals surface area contributed by atoms with Crippen LogP contribution in [0.4, 0.5) is 11.6 Å². The summed E-state index contributed by atoms with van der Waals surface area (Å²) in [7, 11) is -2.36. The second-order valence-corrected chi connectivity index (χ2v) is 10.9. The number of hydrogen-bond acceptors (Lipinski definition) is 10. The maximum absolute atomic E-state index is 13.5. The molecular weight excluding hydrogens is 546 g/mol. The normalized spacial score (nSPS) is 11.4. The molecule has 2 aromatic carbocycles. The van der Waals surface area contributed by atoms with Gasteiger partial charge in [0.15, 0.2) is 5.82 Å². The summed E-state index contributed by atoms with van der Waals surface area (Å²) in [6, 6.07) is 14.5. The summed E-state index contributed by atoms with van der Waals surface area (Å²) in [5, 5.41) is 7.18. The monoisotopic (exact) mass is 581 g/mol. The molecule has 218 valence electrons. The van der Waals surface area contributed by atoms with Crippen LogP contribution in [-0.2, 0) is 32.6 Å². The molecule has 4 rings (SSSR count). The Morgan fingerprint density at radius 3 is 2.51 bits per heavy atom. The number of aryl methyl sites for hydroxylation is 2. The zero-order chi connectivity index (χ0) is 29.4. The van der Waals surface area contributed by atoms with Crippen LogP contribution in [0.25, 0.3) is 11.1 Å².